The zero-order valence-electron chi connectivity index (χ0n) is 10.2. The van der Waals surface area contributed by atoms with Crippen LogP contribution in [0.2, 0.25) is 0 Å². The van der Waals surface area contributed by atoms with Crippen molar-refractivity contribution < 1.29 is 8.78 Å². The molecule has 1 heterocycles. The molecule has 96 valence electrons. The van der Waals surface area contributed by atoms with E-state index in [0.29, 0.717) is 12.0 Å². The second-order valence-electron chi connectivity index (χ2n) is 4.08. The Labute approximate surface area is 109 Å². The van der Waals surface area contributed by atoms with Crippen LogP contribution in [0, 0.1) is 18.6 Å². The minimum Gasteiger partial charge on any atom is -0.312 e. The van der Waals surface area contributed by atoms with E-state index in [1.165, 1.54) is 17.4 Å². The van der Waals surface area contributed by atoms with E-state index >= 15 is 0 Å². The molecule has 1 N–H and O–H groups in total. The molecule has 18 heavy (non-hydrogen) atoms. The Hall–Kier alpha value is -1.33. The lowest BCUT2D eigenvalue weighted by Crippen LogP contribution is -2.19. The number of halogens is 2. The normalized spacial score (nSPS) is 12.7. The summed E-state index contributed by atoms with van der Waals surface area (Å²) in [5.41, 5.74) is 3.06. The molecule has 0 radical (unpaired) electrons. The molecule has 2 nitrogen and oxygen atoms in total. The van der Waals surface area contributed by atoms with Crippen molar-refractivity contribution in [3.05, 3.63) is 51.5 Å². The highest BCUT2D eigenvalue weighted by Crippen LogP contribution is 2.25. The number of nitrogens with zero attached hydrogens (tertiary/aromatic N) is 1. The molecule has 0 aliphatic rings. The molecule has 0 aliphatic heterocycles. The van der Waals surface area contributed by atoms with Crippen molar-refractivity contribution in [1.82, 2.24) is 10.3 Å². The van der Waals surface area contributed by atoms with Gasteiger partial charge in [-0.15, -0.1) is 11.3 Å². The van der Waals surface area contributed by atoms with Gasteiger partial charge in [0.05, 0.1) is 11.2 Å². The van der Waals surface area contributed by atoms with Crippen molar-refractivity contribution in [1.29, 1.82) is 0 Å². The molecule has 1 aromatic carbocycles. The van der Waals surface area contributed by atoms with Gasteiger partial charge in [-0.25, -0.2) is 13.8 Å². The van der Waals surface area contributed by atoms with Crippen LogP contribution < -0.4 is 5.32 Å². The average Bonchev–Trinajstić information content (AvgIpc) is 2.77. The Kier molecular flexibility index (Phi) is 4.04. The van der Waals surface area contributed by atoms with Crippen LogP contribution in [0.15, 0.2) is 23.7 Å². The standard InChI is InChI=1S/C13H14F2N2S/c1-8-13(18-7-17-8)12(16-2)6-9-5-10(14)3-4-11(9)15/h3-5,7,12,16H,6H2,1-2H3. The highest BCUT2D eigenvalue weighted by atomic mass is 32.1. The molecule has 2 rings (SSSR count). The molecule has 5 heteroatoms. The fourth-order valence-electron chi connectivity index (χ4n) is 1.89. The molecular weight excluding hydrogens is 254 g/mol. The maximum atomic E-state index is 13.6. The van der Waals surface area contributed by atoms with Gasteiger partial charge in [-0.3, -0.25) is 0 Å². The van der Waals surface area contributed by atoms with Crippen LogP contribution in [0.5, 0.6) is 0 Å². The first kappa shape index (κ1) is 13.1. The second kappa shape index (κ2) is 5.54. The highest BCUT2D eigenvalue weighted by Gasteiger charge is 2.17. The Morgan fingerprint density at radius 1 is 1.39 bits per heavy atom. The molecule has 1 atom stereocenters. The van der Waals surface area contributed by atoms with Crippen LogP contribution in [0.4, 0.5) is 8.78 Å². The van der Waals surface area contributed by atoms with Crippen molar-refractivity contribution in [2.45, 2.75) is 19.4 Å². The predicted molar refractivity (Wildman–Crippen MR) is 68.7 cm³/mol. The van der Waals surface area contributed by atoms with Gasteiger partial charge in [0, 0.05) is 10.9 Å². The summed E-state index contributed by atoms with van der Waals surface area (Å²) in [7, 11) is 1.81. The van der Waals surface area contributed by atoms with Crippen LogP contribution in [-0.2, 0) is 6.42 Å². The van der Waals surface area contributed by atoms with Gasteiger partial charge in [0.25, 0.3) is 0 Å². The summed E-state index contributed by atoms with van der Waals surface area (Å²) >= 11 is 1.52. The first-order valence-electron chi connectivity index (χ1n) is 5.63. The second-order valence-corrected chi connectivity index (χ2v) is 4.97. The maximum absolute atomic E-state index is 13.6. The number of thiazole rings is 1. The molecule has 0 amide bonds. The molecule has 0 fully saturated rings. The Bertz CT molecular complexity index is 540. The minimum absolute atomic E-state index is 0.0474. The number of aryl methyl sites for hydroxylation is 1. The number of hydrogen-bond acceptors (Lipinski definition) is 3. The first-order chi connectivity index (χ1) is 8.61. The van der Waals surface area contributed by atoms with Crippen molar-refractivity contribution in [2.75, 3.05) is 7.05 Å². The molecule has 1 aromatic heterocycles. The number of aromatic nitrogens is 1. The Morgan fingerprint density at radius 3 is 2.78 bits per heavy atom. The van der Waals surface area contributed by atoms with Gasteiger partial charge >= 0.3 is 0 Å². The summed E-state index contributed by atoms with van der Waals surface area (Å²) < 4.78 is 26.7. The lowest BCUT2D eigenvalue weighted by Gasteiger charge is -2.15. The van der Waals surface area contributed by atoms with Crippen LogP contribution in [0.25, 0.3) is 0 Å². The lowest BCUT2D eigenvalue weighted by molar-refractivity contribution is 0.546. The Morgan fingerprint density at radius 2 is 2.17 bits per heavy atom. The van der Waals surface area contributed by atoms with Gasteiger partial charge in [-0.1, -0.05) is 0 Å². The summed E-state index contributed by atoms with van der Waals surface area (Å²) in [5, 5.41) is 3.12. The molecule has 0 aliphatic carbocycles. The number of likely N-dealkylation sites (N-methyl/N-ethyl adjacent to an activating group) is 1. The van der Waals surface area contributed by atoms with E-state index in [9.17, 15) is 8.78 Å². The monoisotopic (exact) mass is 268 g/mol. The molecule has 0 saturated heterocycles. The summed E-state index contributed by atoms with van der Waals surface area (Å²) in [4.78, 5) is 5.23. The van der Waals surface area contributed by atoms with E-state index in [1.54, 1.807) is 12.6 Å². The third-order valence-corrected chi connectivity index (χ3v) is 3.92. The van der Waals surface area contributed by atoms with Gasteiger partial charge < -0.3 is 5.32 Å². The number of hydrogen-bond donors (Lipinski definition) is 1. The molecule has 0 spiro atoms. The van der Waals surface area contributed by atoms with Crippen LogP contribution in [-0.4, -0.2) is 12.0 Å². The van der Waals surface area contributed by atoms with Crippen molar-refractivity contribution >= 4 is 11.3 Å². The summed E-state index contributed by atoms with van der Waals surface area (Å²) in [5.74, 6) is -0.791. The van der Waals surface area contributed by atoms with Gasteiger partial charge in [-0.05, 0) is 44.2 Å². The quantitative estimate of drug-likeness (QED) is 0.921. The topological polar surface area (TPSA) is 24.9 Å². The summed E-state index contributed by atoms with van der Waals surface area (Å²) in [6.45, 7) is 1.91. The van der Waals surface area contributed by atoms with Gasteiger partial charge in [0.1, 0.15) is 11.6 Å². The molecule has 1 unspecified atom stereocenters. The Balaban J connectivity index is 2.26. The minimum atomic E-state index is -0.415. The van der Waals surface area contributed by atoms with Gasteiger partial charge in [0.15, 0.2) is 0 Å². The van der Waals surface area contributed by atoms with E-state index < -0.39 is 5.82 Å². The van der Waals surface area contributed by atoms with E-state index in [0.717, 1.165) is 22.7 Å². The molecule has 0 saturated carbocycles. The van der Waals surface area contributed by atoms with E-state index in [1.807, 2.05) is 6.92 Å². The van der Waals surface area contributed by atoms with E-state index in [4.69, 9.17) is 0 Å². The van der Waals surface area contributed by atoms with Crippen LogP contribution in [0.1, 0.15) is 22.2 Å². The molecule has 0 bridgehead atoms. The van der Waals surface area contributed by atoms with Gasteiger partial charge in [-0.2, -0.15) is 0 Å². The van der Waals surface area contributed by atoms with Crippen LogP contribution in [0.3, 0.4) is 0 Å². The lowest BCUT2D eigenvalue weighted by atomic mass is 10.0. The van der Waals surface area contributed by atoms with E-state index in [-0.39, 0.29) is 11.9 Å². The summed E-state index contributed by atoms with van der Waals surface area (Å²) in [6.07, 6.45) is 0.406. The van der Waals surface area contributed by atoms with Gasteiger partial charge in [0.2, 0.25) is 0 Å². The largest absolute Gasteiger partial charge is 0.312 e. The fraction of sp³-hybridized carbons (Fsp3) is 0.308. The van der Waals surface area contributed by atoms with Crippen LogP contribution >= 0.6 is 11.3 Å². The molecular formula is C13H14F2N2S. The third kappa shape index (κ3) is 2.73. The number of benzene rings is 1. The number of rotatable bonds is 4. The predicted octanol–water partition coefficient (Wildman–Crippen LogP) is 3.23. The van der Waals surface area contributed by atoms with E-state index in [2.05, 4.69) is 10.3 Å². The SMILES string of the molecule is CNC(Cc1cc(F)ccc1F)c1scnc1C. The van der Waals surface area contributed by atoms with Crippen molar-refractivity contribution in [3.8, 4) is 0 Å². The number of nitrogens with one attached hydrogen (secondary N) is 1. The van der Waals surface area contributed by atoms with Crippen molar-refractivity contribution in [2.24, 2.45) is 0 Å². The fourth-order valence-corrected chi connectivity index (χ4v) is 2.80. The average molecular weight is 268 g/mol. The third-order valence-electron chi connectivity index (χ3n) is 2.88. The smallest absolute Gasteiger partial charge is 0.126 e. The first-order valence-corrected chi connectivity index (χ1v) is 6.51. The highest BCUT2D eigenvalue weighted by molar-refractivity contribution is 7.09. The zero-order valence-corrected chi connectivity index (χ0v) is 11.0. The summed E-state index contributed by atoms with van der Waals surface area (Å²) in [6, 6.07) is 3.49. The maximum Gasteiger partial charge on any atom is 0.126 e. The van der Waals surface area contributed by atoms with Crippen molar-refractivity contribution in [3.63, 3.8) is 0 Å². The molecule has 2 aromatic rings. The zero-order chi connectivity index (χ0) is 13.1.